The van der Waals surface area contributed by atoms with Crippen LogP contribution in [0, 0.1) is 5.92 Å². The highest BCUT2D eigenvalue weighted by Crippen LogP contribution is 2.15. The standard InChI is InChI=1S/C20H29N5O2/c1-15(2)13-17(21)20(27)25-11-9-24(10-12-25)19(26)5-8-23-7-4-16-3-6-22-14-18(16)23/h3-4,6-7,14-15,17H,5,8-13,21H2,1-2H3/t17-/m1/s1. The van der Waals surface area contributed by atoms with Gasteiger partial charge in [0.15, 0.2) is 0 Å². The van der Waals surface area contributed by atoms with Crippen LogP contribution in [0.5, 0.6) is 0 Å². The van der Waals surface area contributed by atoms with E-state index in [1.807, 2.05) is 29.4 Å². The average Bonchev–Trinajstić information content (AvgIpc) is 3.08. The molecule has 0 bridgehead atoms. The summed E-state index contributed by atoms with van der Waals surface area (Å²) in [7, 11) is 0. The summed E-state index contributed by atoms with van der Waals surface area (Å²) in [5, 5.41) is 1.13. The quantitative estimate of drug-likeness (QED) is 0.833. The van der Waals surface area contributed by atoms with Crippen molar-refractivity contribution in [3.63, 3.8) is 0 Å². The molecule has 1 aliphatic heterocycles. The summed E-state index contributed by atoms with van der Waals surface area (Å²) in [6.07, 6.45) is 6.72. The Balaban J connectivity index is 1.48. The number of nitrogens with two attached hydrogens (primary N) is 1. The normalized spacial score (nSPS) is 16.1. The van der Waals surface area contributed by atoms with Crippen molar-refractivity contribution in [3.05, 3.63) is 30.7 Å². The van der Waals surface area contributed by atoms with Gasteiger partial charge in [-0.2, -0.15) is 0 Å². The Morgan fingerprint density at radius 3 is 2.56 bits per heavy atom. The van der Waals surface area contributed by atoms with E-state index in [9.17, 15) is 9.59 Å². The monoisotopic (exact) mass is 371 g/mol. The van der Waals surface area contributed by atoms with Gasteiger partial charge in [-0.3, -0.25) is 14.6 Å². The number of carbonyl (C=O) groups is 2. The lowest BCUT2D eigenvalue weighted by atomic mass is 10.0. The van der Waals surface area contributed by atoms with Crippen LogP contribution in [-0.2, 0) is 16.1 Å². The Kier molecular flexibility index (Phi) is 6.11. The van der Waals surface area contributed by atoms with Crippen LogP contribution in [0.1, 0.15) is 26.7 Å². The number of carbonyl (C=O) groups excluding carboxylic acids is 2. The molecule has 7 heteroatoms. The fourth-order valence-electron chi connectivity index (χ4n) is 3.62. The first-order chi connectivity index (χ1) is 13.0. The Hall–Kier alpha value is -2.41. The van der Waals surface area contributed by atoms with Crippen LogP contribution in [0.4, 0.5) is 0 Å². The van der Waals surface area contributed by atoms with Gasteiger partial charge in [-0.25, -0.2) is 0 Å². The van der Waals surface area contributed by atoms with Crippen molar-refractivity contribution in [1.82, 2.24) is 19.4 Å². The molecule has 7 nitrogen and oxygen atoms in total. The molecule has 2 aromatic heterocycles. The second-order valence-electron chi connectivity index (χ2n) is 7.64. The Morgan fingerprint density at radius 1 is 1.15 bits per heavy atom. The maximum atomic E-state index is 12.6. The molecule has 2 N–H and O–H groups in total. The molecule has 0 saturated carbocycles. The number of aromatic nitrogens is 2. The molecule has 1 atom stereocenters. The minimum Gasteiger partial charge on any atom is -0.346 e. The molecule has 146 valence electrons. The van der Waals surface area contributed by atoms with Crippen LogP contribution >= 0.6 is 0 Å². The summed E-state index contributed by atoms with van der Waals surface area (Å²) >= 11 is 0. The second-order valence-corrected chi connectivity index (χ2v) is 7.64. The van der Waals surface area contributed by atoms with E-state index < -0.39 is 6.04 Å². The van der Waals surface area contributed by atoms with Crippen LogP contribution in [0.25, 0.3) is 10.9 Å². The van der Waals surface area contributed by atoms with Crippen molar-refractivity contribution in [2.45, 2.75) is 39.3 Å². The molecule has 3 rings (SSSR count). The van der Waals surface area contributed by atoms with E-state index in [0.29, 0.717) is 51.5 Å². The highest BCUT2D eigenvalue weighted by molar-refractivity contribution is 5.82. The zero-order valence-corrected chi connectivity index (χ0v) is 16.2. The van der Waals surface area contributed by atoms with Gasteiger partial charge in [0.25, 0.3) is 0 Å². The molecule has 0 aliphatic carbocycles. The van der Waals surface area contributed by atoms with Gasteiger partial charge in [-0.05, 0) is 24.5 Å². The van der Waals surface area contributed by atoms with Crippen LogP contribution in [0.3, 0.4) is 0 Å². The predicted octanol–water partition coefficient (Wildman–Crippen LogP) is 1.47. The van der Waals surface area contributed by atoms with Gasteiger partial charge in [0.05, 0.1) is 17.8 Å². The molecular weight excluding hydrogens is 342 g/mol. The van der Waals surface area contributed by atoms with Gasteiger partial charge in [-0.15, -0.1) is 0 Å². The largest absolute Gasteiger partial charge is 0.346 e. The van der Waals surface area contributed by atoms with Crippen LogP contribution in [-0.4, -0.2) is 63.4 Å². The third kappa shape index (κ3) is 4.66. The highest BCUT2D eigenvalue weighted by atomic mass is 16.2. The number of hydrogen-bond donors (Lipinski definition) is 1. The molecule has 1 aliphatic rings. The molecule has 0 unspecified atom stereocenters. The Morgan fingerprint density at radius 2 is 1.85 bits per heavy atom. The lowest BCUT2D eigenvalue weighted by Crippen LogP contribution is -2.54. The van der Waals surface area contributed by atoms with E-state index in [1.54, 1.807) is 11.1 Å². The molecule has 2 amide bonds. The Labute approximate surface area is 160 Å². The number of hydrogen-bond acceptors (Lipinski definition) is 4. The molecule has 0 aromatic carbocycles. The van der Waals surface area contributed by atoms with Crippen molar-refractivity contribution >= 4 is 22.7 Å². The molecule has 3 heterocycles. The average molecular weight is 371 g/mol. The van der Waals surface area contributed by atoms with Crippen molar-refractivity contribution in [3.8, 4) is 0 Å². The maximum absolute atomic E-state index is 12.6. The molecule has 2 aromatic rings. The molecule has 1 saturated heterocycles. The number of aryl methyl sites for hydroxylation is 1. The molecular formula is C20H29N5O2. The summed E-state index contributed by atoms with van der Waals surface area (Å²) in [5.74, 6) is 0.521. The number of pyridine rings is 1. The number of amides is 2. The van der Waals surface area contributed by atoms with Crippen molar-refractivity contribution in [2.24, 2.45) is 11.7 Å². The van der Waals surface area contributed by atoms with Gasteiger partial charge in [-0.1, -0.05) is 13.8 Å². The van der Waals surface area contributed by atoms with E-state index in [-0.39, 0.29) is 11.8 Å². The summed E-state index contributed by atoms with van der Waals surface area (Å²) in [4.78, 5) is 32.8. The fourth-order valence-corrected chi connectivity index (χ4v) is 3.62. The first kappa shape index (κ1) is 19.4. The van der Waals surface area contributed by atoms with E-state index in [1.165, 1.54) is 0 Å². The SMILES string of the molecule is CC(C)C[C@@H](N)C(=O)N1CCN(C(=O)CCn2ccc3ccncc32)CC1. The molecule has 0 radical (unpaired) electrons. The fraction of sp³-hybridized carbons (Fsp3) is 0.550. The van der Waals surface area contributed by atoms with Crippen molar-refractivity contribution < 1.29 is 9.59 Å². The molecule has 1 fully saturated rings. The second kappa shape index (κ2) is 8.52. The summed E-state index contributed by atoms with van der Waals surface area (Å²) in [6.45, 7) is 7.04. The lowest BCUT2D eigenvalue weighted by Gasteiger charge is -2.36. The minimum absolute atomic E-state index is 0.00195. The Bertz CT molecular complexity index is 793. The van der Waals surface area contributed by atoms with E-state index >= 15 is 0 Å². The van der Waals surface area contributed by atoms with Gasteiger partial charge in [0.2, 0.25) is 11.8 Å². The highest BCUT2D eigenvalue weighted by Gasteiger charge is 2.27. The third-order valence-corrected chi connectivity index (χ3v) is 5.13. The maximum Gasteiger partial charge on any atom is 0.239 e. The zero-order valence-electron chi connectivity index (χ0n) is 16.2. The van der Waals surface area contributed by atoms with Gasteiger partial charge < -0.3 is 20.1 Å². The number of piperazine rings is 1. The van der Waals surface area contributed by atoms with E-state index in [2.05, 4.69) is 23.4 Å². The third-order valence-electron chi connectivity index (χ3n) is 5.13. The smallest absolute Gasteiger partial charge is 0.239 e. The zero-order chi connectivity index (χ0) is 19.4. The lowest BCUT2D eigenvalue weighted by molar-refractivity contribution is -0.140. The number of fused-ring (bicyclic) bond motifs is 1. The summed E-state index contributed by atoms with van der Waals surface area (Å²) in [5.41, 5.74) is 7.05. The summed E-state index contributed by atoms with van der Waals surface area (Å²) < 4.78 is 2.06. The van der Waals surface area contributed by atoms with E-state index in [0.717, 1.165) is 10.9 Å². The van der Waals surface area contributed by atoms with E-state index in [4.69, 9.17) is 5.73 Å². The molecule has 0 spiro atoms. The van der Waals surface area contributed by atoms with Crippen molar-refractivity contribution in [1.29, 1.82) is 0 Å². The first-order valence-electron chi connectivity index (χ1n) is 9.66. The van der Waals surface area contributed by atoms with Crippen LogP contribution < -0.4 is 5.73 Å². The predicted molar refractivity (Wildman–Crippen MR) is 105 cm³/mol. The van der Waals surface area contributed by atoms with Gasteiger partial charge in [0, 0.05) is 56.9 Å². The number of rotatable bonds is 6. The van der Waals surface area contributed by atoms with Crippen LogP contribution in [0.2, 0.25) is 0 Å². The van der Waals surface area contributed by atoms with Gasteiger partial charge >= 0.3 is 0 Å². The van der Waals surface area contributed by atoms with Crippen molar-refractivity contribution in [2.75, 3.05) is 26.2 Å². The topological polar surface area (TPSA) is 84.5 Å². The first-order valence-corrected chi connectivity index (χ1v) is 9.66. The molecule has 27 heavy (non-hydrogen) atoms. The summed E-state index contributed by atoms with van der Waals surface area (Å²) in [6, 6.07) is 3.56. The minimum atomic E-state index is -0.442. The van der Waals surface area contributed by atoms with Crippen LogP contribution in [0.15, 0.2) is 30.7 Å². The number of nitrogens with zero attached hydrogens (tertiary/aromatic N) is 4. The van der Waals surface area contributed by atoms with Gasteiger partial charge in [0.1, 0.15) is 0 Å².